The average molecular weight is 266 g/mol. The molecule has 0 heterocycles. The quantitative estimate of drug-likeness (QED) is 0.755. The van der Waals surface area contributed by atoms with E-state index in [4.69, 9.17) is 9.05 Å². The Bertz CT molecular complexity index is 463. The summed E-state index contributed by atoms with van der Waals surface area (Å²) in [6.07, 6.45) is 4.28. The Morgan fingerprint density at radius 3 is 2.11 bits per heavy atom. The van der Waals surface area contributed by atoms with Gasteiger partial charge in [0.1, 0.15) is 0 Å². The maximum atomic E-state index is 12.7. The van der Waals surface area contributed by atoms with Gasteiger partial charge in [0.05, 0.1) is 5.31 Å². The van der Waals surface area contributed by atoms with E-state index in [1.54, 1.807) is 0 Å². The van der Waals surface area contributed by atoms with Gasteiger partial charge in [-0.2, -0.15) is 0 Å². The van der Waals surface area contributed by atoms with Crippen LogP contribution >= 0.6 is 7.60 Å². The first-order valence-corrected chi connectivity index (χ1v) is 7.75. The molecular formula is C14H19O3P. The molecule has 1 fully saturated rings. The van der Waals surface area contributed by atoms with Crippen molar-refractivity contribution in [2.45, 2.75) is 25.7 Å². The lowest BCUT2D eigenvalue weighted by Crippen LogP contribution is -1.96. The standard InChI is InChI=1S/C14H19O3P/c1-16-18(15,17-2)14(13-10-6-7-11-13)12-8-4-3-5-9-12/h3-5,8-9H,6-7,10-11H2,1-2H3. The molecule has 1 aliphatic carbocycles. The SMILES string of the molecule is COP(=O)(OC)C(=C1CCCC1)c1ccccc1. The fraction of sp³-hybridized carbons (Fsp3) is 0.429. The van der Waals surface area contributed by atoms with Gasteiger partial charge < -0.3 is 9.05 Å². The molecule has 0 spiro atoms. The summed E-state index contributed by atoms with van der Waals surface area (Å²) in [5.74, 6) is 0. The van der Waals surface area contributed by atoms with Crippen LogP contribution in [0.5, 0.6) is 0 Å². The van der Waals surface area contributed by atoms with E-state index in [9.17, 15) is 4.57 Å². The molecule has 98 valence electrons. The van der Waals surface area contributed by atoms with Crippen LogP contribution in [0.15, 0.2) is 35.9 Å². The summed E-state index contributed by atoms with van der Waals surface area (Å²) < 4.78 is 23.1. The fourth-order valence-corrected chi connectivity index (χ4v) is 4.04. The first kappa shape index (κ1) is 13.5. The van der Waals surface area contributed by atoms with Gasteiger partial charge in [0.25, 0.3) is 0 Å². The van der Waals surface area contributed by atoms with E-state index in [0.717, 1.165) is 36.6 Å². The van der Waals surface area contributed by atoms with Crippen molar-refractivity contribution < 1.29 is 13.6 Å². The third-order valence-corrected chi connectivity index (χ3v) is 5.43. The summed E-state index contributed by atoms with van der Waals surface area (Å²) >= 11 is 0. The Kier molecular flexibility index (Phi) is 4.39. The van der Waals surface area contributed by atoms with Crippen molar-refractivity contribution in [3.8, 4) is 0 Å². The molecule has 0 bridgehead atoms. The van der Waals surface area contributed by atoms with Crippen LogP contribution in [0, 0.1) is 0 Å². The van der Waals surface area contributed by atoms with Crippen molar-refractivity contribution in [2.24, 2.45) is 0 Å². The molecule has 0 radical (unpaired) electrons. The molecule has 1 saturated carbocycles. The Labute approximate surface area is 108 Å². The van der Waals surface area contributed by atoms with Crippen LogP contribution in [-0.2, 0) is 13.6 Å². The number of hydrogen-bond donors (Lipinski definition) is 0. The predicted octanol–water partition coefficient (Wildman–Crippen LogP) is 4.46. The van der Waals surface area contributed by atoms with E-state index >= 15 is 0 Å². The molecule has 0 N–H and O–H groups in total. The normalized spacial score (nSPS) is 16.0. The van der Waals surface area contributed by atoms with Crippen molar-refractivity contribution in [1.29, 1.82) is 0 Å². The summed E-state index contributed by atoms with van der Waals surface area (Å²) in [6.45, 7) is 0. The minimum Gasteiger partial charge on any atom is -0.309 e. The molecule has 1 aromatic rings. The van der Waals surface area contributed by atoms with Crippen LogP contribution in [0.4, 0.5) is 0 Å². The average Bonchev–Trinajstić information content (AvgIpc) is 2.93. The summed E-state index contributed by atoms with van der Waals surface area (Å²) in [6, 6.07) is 9.77. The van der Waals surface area contributed by atoms with Crippen LogP contribution < -0.4 is 0 Å². The lowest BCUT2D eigenvalue weighted by Gasteiger charge is -2.20. The first-order valence-electron chi connectivity index (χ1n) is 6.21. The smallest absolute Gasteiger partial charge is 0.309 e. The molecule has 3 nitrogen and oxygen atoms in total. The van der Waals surface area contributed by atoms with Gasteiger partial charge in [0, 0.05) is 14.2 Å². The molecule has 0 atom stereocenters. The van der Waals surface area contributed by atoms with Crippen LogP contribution in [0.3, 0.4) is 0 Å². The van der Waals surface area contributed by atoms with Crippen LogP contribution in [-0.4, -0.2) is 14.2 Å². The molecule has 0 unspecified atom stereocenters. The minimum absolute atomic E-state index is 0.769. The number of allylic oxidation sites excluding steroid dienone is 1. The highest BCUT2D eigenvalue weighted by Gasteiger charge is 2.32. The van der Waals surface area contributed by atoms with Crippen molar-refractivity contribution in [1.82, 2.24) is 0 Å². The monoisotopic (exact) mass is 266 g/mol. The lowest BCUT2D eigenvalue weighted by molar-refractivity contribution is 0.288. The van der Waals surface area contributed by atoms with E-state index in [1.807, 2.05) is 30.3 Å². The zero-order valence-corrected chi connectivity index (χ0v) is 11.8. The molecule has 0 aromatic heterocycles. The van der Waals surface area contributed by atoms with Crippen molar-refractivity contribution in [3.63, 3.8) is 0 Å². The summed E-state index contributed by atoms with van der Waals surface area (Å²) in [5.41, 5.74) is 2.16. The molecule has 18 heavy (non-hydrogen) atoms. The van der Waals surface area contributed by atoms with E-state index in [-0.39, 0.29) is 0 Å². The highest BCUT2D eigenvalue weighted by molar-refractivity contribution is 7.65. The third-order valence-electron chi connectivity index (χ3n) is 3.34. The predicted molar refractivity (Wildman–Crippen MR) is 73.5 cm³/mol. The highest BCUT2D eigenvalue weighted by Crippen LogP contribution is 2.62. The van der Waals surface area contributed by atoms with Crippen LogP contribution in [0.2, 0.25) is 0 Å². The molecular weight excluding hydrogens is 247 g/mol. The van der Waals surface area contributed by atoms with Crippen molar-refractivity contribution >= 4 is 12.9 Å². The first-order chi connectivity index (χ1) is 8.71. The fourth-order valence-electron chi connectivity index (χ4n) is 2.45. The molecule has 0 aliphatic heterocycles. The maximum Gasteiger partial charge on any atom is 0.361 e. The second-order valence-corrected chi connectivity index (χ2v) is 6.56. The molecule has 0 amide bonds. The van der Waals surface area contributed by atoms with Gasteiger partial charge in [-0.1, -0.05) is 35.9 Å². The Morgan fingerprint density at radius 2 is 1.61 bits per heavy atom. The van der Waals surface area contributed by atoms with Crippen molar-refractivity contribution in [2.75, 3.05) is 14.2 Å². The largest absolute Gasteiger partial charge is 0.361 e. The highest BCUT2D eigenvalue weighted by atomic mass is 31.2. The number of hydrogen-bond acceptors (Lipinski definition) is 3. The Hall–Kier alpha value is -0.890. The van der Waals surface area contributed by atoms with Gasteiger partial charge in [0.15, 0.2) is 0 Å². The number of rotatable bonds is 4. The summed E-state index contributed by atoms with van der Waals surface area (Å²) in [7, 11) is -0.288. The molecule has 1 aliphatic rings. The van der Waals surface area contributed by atoms with Gasteiger partial charge in [-0.3, -0.25) is 4.57 Å². The zero-order valence-electron chi connectivity index (χ0n) is 10.9. The van der Waals surface area contributed by atoms with Gasteiger partial charge in [-0.15, -0.1) is 0 Å². The maximum absolute atomic E-state index is 12.7. The number of benzene rings is 1. The molecule has 2 rings (SSSR count). The van der Waals surface area contributed by atoms with E-state index in [0.29, 0.717) is 0 Å². The summed E-state index contributed by atoms with van der Waals surface area (Å²) in [5, 5.41) is 0.769. The molecule has 1 aromatic carbocycles. The summed E-state index contributed by atoms with van der Waals surface area (Å²) in [4.78, 5) is 0. The minimum atomic E-state index is -3.18. The topological polar surface area (TPSA) is 35.5 Å². The lowest BCUT2D eigenvalue weighted by atomic mass is 10.1. The third kappa shape index (κ3) is 2.59. The van der Waals surface area contributed by atoms with E-state index in [2.05, 4.69) is 0 Å². The molecule has 4 heteroatoms. The van der Waals surface area contributed by atoms with Gasteiger partial charge in [-0.05, 0) is 31.2 Å². The van der Waals surface area contributed by atoms with Gasteiger partial charge >= 0.3 is 7.60 Å². The van der Waals surface area contributed by atoms with Crippen LogP contribution in [0.25, 0.3) is 5.31 Å². The van der Waals surface area contributed by atoms with Gasteiger partial charge in [0.2, 0.25) is 0 Å². The zero-order chi connectivity index (χ0) is 13.0. The van der Waals surface area contributed by atoms with Crippen LogP contribution in [0.1, 0.15) is 31.2 Å². The van der Waals surface area contributed by atoms with E-state index < -0.39 is 7.60 Å². The second-order valence-electron chi connectivity index (χ2n) is 4.39. The van der Waals surface area contributed by atoms with Gasteiger partial charge in [-0.25, -0.2) is 0 Å². The molecule has 0 saturated heterocycles. The van der Waals surface area contributed by atoms with E-state index in [1.165, 1.54) is 19.8 Å². The van der Waals surface area contributed by atoms with Crippen molar-refractivity contribution in [3.05, 3.63) is 41.5 Å². The second kappa shape index (κ2) is 5.83. The Morgan fingerprint density at radius 1 is 1.06 bits per heavy atom. The Balaban J connectivity index is 2.55.